The number of rotatable bonds is 5. The van der Waals surface area contributed by atoms with Gasteiger partial charge in [-0.3, -0.25) is 0 Å². The van der Waals surface area contributed by atoms with Gasteiger partial charge < -0.3 is 10.3 Å². The van der Waals surface area contributed by atoms with Crippen LogP contribution in [0.5, 0.6) is 0 Å². The molecule has 1 aliphatic carbocycles. The molecule has 2 N–H and O–H groups in total. The van der Waals surface area contributed by atoms with Crippen molar-refractivity contribution in [3.05, 3.63) is 29.8 Å². The van der Waals surface area contributed by atoms with Gasteiger partial charge in [0, 0.05) is 11.6 Å². The fraction of sp³-hybridized carbons (Fsp3) is 0.462. The second-order valence-electron chi connectivity index (χ2n) is 4.76. The third kappa shape index (κ3) is 3.00. The van der Waals surface area contributed by atoms with Gasteiger partial charge in [-0.25, -0.2) is 9.37 Å². The third-order valence-corrected chi connectivity index (χ3v) is 3.28. The zero-order valence-electron chi connectivity index (χ0n) is 10.1. The van der Waals surface area contributed by atoms with Crippen molar-refractivity contribution < 1.29 is 4.39 Å². The molecule has 2 aromatic heterocycles. The summed E-state index contributed by atoms with van der Waals surface area (Å²) in [6.45, 7) is 2.06. The molecule has 98 valence electrons. The van der Waals surface area contributed by atoms with E-state index < -0.39 is 0 Å². The Balaban J connectivity index is 0.00000120. The van der Waals surface area contributed by atoms with Crippen molar-refractivity contribution in [1.82, 2.24) is 15.3 Å². The first-order valence-electron chi connectivity index (χ1n) is 6.15. The number of fused-ring (bicyclic) bond motifs is 1. The minimum absolute atomic E-state index is 0. The van der Waals surface area contributed by atoms with Gasteiger partial charge in [-0.15, -0.1) is 12.4 Å². The van der Waals surface area contributed by atoms with Gasteiger partial charge in [0.2, 0.25) is 0 Å². The molecular formula is C13H17ClFN3. The lowest BCUT2D eigenvalue weighted by molar-refractivity contribution is 0.623. The standard InChI is InChI=1S/C13H16FN3.ClH/c14-11-5-12-10(7-16-13(12)17-8-11)3-4-15-6-9-1-2-9;/h5,7-9,15H,1-4,6H2,(H,16,17);1H. The molecule has 1 fully saturated rings. The van der Waals surface area contributed by atoms with E-state index in [1.54, 1.807) is 6.07 Å². The summed E-state index contributed by atoms with van der Waals surface area (Å²) in [6.07, 6.45) is 6.83. The number of aromatic nitrogens is 2. The summed E-state index contributed by atoms with van der Waals surface area (Å²) in [6, 6.07) is 1.55. The van der Waals surface area contributed by atoms with E-state index in [9.17, 15) is 4.39 Å². The topological polar surface area (TPSA) is 40.7 Å². The van der Waals surface area contributed by atoms with Crippen molar-refractivity contribution in [3.63, 3.8) is 0 Å². The molecule has 0 radical (unpaired) electrons. The predicted molar refractivity (Wildman–Crippen MR) is 72.6 cm³/mol. The molecule has 0 spiro atoms. The fourth-order valence-electron chi connectivity index (χ4n) is 2.09. The normalized spacial score (nSPS) is 14.7. The molecule has 0 amide bonds. The van der Waals surface area contributed by atoms with E-state index in [4.69, 9.17) is 0 Å². The van der Waals surface area contributed by atoms with E-state index in [1.807, 2.05) is 6.20 Å². The van der Waals surface area contributed by atoms with Gasteiger partial charge in [-0.05, 0) is 49.9 Å². The number of hydrogen-bond donors (Lipinski definition) is 2. The number of halogens is 2. The van der Waals surface area contributed by atoms with Gasteiger partial charge in [-0.1, -0.05) is 0 Å². The largest absolute Gasteiger partial charge is 0.346 e. The number of aromatic amines is 1. The van der Waals surface area contributed by atoms with E-state index in [-0.39, 0.29) is 18.2 Å². The Bertz CT molecular complexity index is 522. The van der Waals surface area contributed by atoms with Crippen LogP contribution in [0.15, 0.2) is 18.5 Å². The van der Waals surface area contributed by atoms with Crippen LogP contribution in [0.2, 0.25) is 0 Å². The van der Waals surface area contributed by atoms with E-state index in [0.717, 1.165) is 42.0 Å². The molecule has 5 heteroatoms. The number of pyridine rings is 1. The molecule has 0 aromatic carbocycles. The molecule has 18 heavy (non-hydrogen) atoms. The van der Waals surface area contributed by atoms with Crippen molar-refractivity contribution >= 4 is 23.4 Å². The monoisotopic (exact) mass is 269 g/mol. The molecule has 0 unspecified atom stereocenters. The SMILES string of the molecule is Cl.Fc1cnc2[nH]cc(CCNCC3CC3)c2c1. The number of nitrogens with one attached hydrogen (secondary N) is 2. The van der Waals surface area contributed by atoms with Crippen molar-refractivity contribution in [2.45, 2.75) is 19.3 Å². The molecule has 0 bridgehead atoms. The smallest absolute Gasteiger partial charge is 0.142 e. The van der Waals surface area contributed by atoms with Gasteiger partial charge in [0.25, 0.3) is 0 Å². The highest BCUT2D eigenvalue weighted by molar-refractivity contribution is 5.85. The molecule has 0 atom stereocenters. The first-order chi connectivity index (χ1) is 8.33. The van der Waals surface area contributed by atoms with Gasteiger partial charge in [-0.2, -0.15) is 0 Å². The van der Waals surface area contributed by atoms with Crippen LogP contribution in [-0.2, 0) is 6.42 Å². The summed E-state index contributed by atoms with van der Waals surface area (Å²) in [5.41, 5.74) is 1.90. The Morgan fingerprint density at radius 3 is 3.06 bits per heavy atom. The number of hydrogen-bond acceptors (Lipinski definition) is 2. The maximum Gasteiger partial charge on any atom is 0.142 e. The van der Waals surface area contributed by atoms with Crippen molar-refractivity contribution in [2.24, 2.45) is 5.92 Å². The van der Waals surface area contributed by atoms with Crippen molar-refractivity contribution in [2.75, 3.05) is 13.1 Å². The van der Waals surface area contributed by atoms with E-state index >= 15 is 0 Å². The molecule has 2 heterocycles. The Kier molecular flexibility index (Phi) is 4.19. The lowest BCUT2D eigenvalue weighted by Crippen LogP contribution is -2.19. The van der Waals surface area contributed by atoms with Crippen LogP contribution in [0.4, 0.5) is 4.39 Å². The average molecular weight is 270 g/mol. The van der Waals surface area contributed by atoms with Crippen LogP contribution >= 0.6 is 12.4 Å². The van der Waals surface area contributed by atoms with Gasteiger partial charge in [0.05, 0.1) is 6.20 Å². The molecule has 1 aliphatic rings. The second-order valence-corrected chi connectivity index (χ2v) is 4.76. The summed E-state index contributed by atoms with van der Waals surface area (Å²) in [7, 11) is 0. The van der Waals surface area contributed by atoms with Crippen LogP contribution in [0.3, 0.4) is 0 Å². The first-order valence-corrected chi connectivity index (χ1v) is 6.15. The van der Waals surface area contributed by atoms with Gasteiger partial charge >= 0.3 is 0 Å². The molecule has 2 aromatic rings. The Labute approximate surface area is 112 Å². The lowest BCUT2D eigenvalue weighted by Gasteiger charge is -2.02. The molecule has 0 saturated heterocycles. The molecular weight excluding hydrogens is 253 g/mol. The zero-order chi connectivity index (χ0) is 11.7. The Morgan fingerprint density at radius 1 is 1.44 bits per heavy atom. The summed E-state index contributed by atoms with van der Waals surface area (Å²) in [5.74, 6) is 0.626. The Hall–Kier alpha value is -1.13. The van der Waals surface area contributed by atoms with Crippen LogP contribution in [0.1, 0.15) is 18.4 Å². The van der Waals surface area contributed by atoms with E-state index in [0.29, 0.717) is 0 Å². The molecule has 3 nitrogen and oxygen atoms in total. The third-order valence-electron chi connectivity index (χ3n) is 3.28. The lowest BCUT2D eigenvalue weighted by atomic mass is 10.1. The maximum absolute atomic E-state index is 13.1. The molecule has 3 rings (SSSR count). The molecule has 0 aliphatic heterocycles. The minimum atomic E-state index is -0.274. The van der Waals surface area contributed by atoms with Crippen LogP contribution in [0.25, 0.3) is 11.0 Å². The summed E-state index contributed by atoms with van der Waals surface area (Å²) < 4.78 is 13.1. The van der Waals surface area contributed by atoms with Crippen LogP contribution < -0.4 is 5.32 Å². The summed E-state index contributed by atoms with van der Waals surface area (Å²) in [4.78, 5) is 7.09. The zero-order valence-corrected chi connectivity index (χ0v) is 10.9. The fourth-order valence-corrected chi connectivity index (χ4v) is 2.09. The van der Waals surface area contributed by atoms with Gasteiger partial charge in [0.1, 0.15) is 11.5 Å². The summed E-state index contributed by atoms with van der Waals surface area (Å²) in [5, 5.41) is 4.34. The van der Waals surface area contributed by atoms with Crippen LogP contribution in [-0.4, -0.2) is 23.1 Å². The van der Waals surface area contributed by atoms with Gasteiger partial charge in [0.15, 0.2) is 0 Å². The van der Waals surface area contributed by atoms with E-state index in [2.05, 4.69) is 15.3 Å². The number of nitrogens with zero attached hydrogens (tertiary/aromatic N) is 1. The summed E-state index contributed by atoms with van der Waals surface area (Å²) >= 11 is 0. The first kappa shape index (κ1) is 13.3. The highest BCUT2D eigenvalue weighted by Crippen LogP contribution is 2.27. The van der Waals surface area contributed by atoms with Crippen molar-refractivity contribution in [1.29, 1.82) is 0 Å². The highest BCUT2D eigenvalue weighted by atomic mass is 35.5. The second kappa shape index (κ2) is 5.67. The van der Waals surface area contributed by atoms with Crippen molar-refractivity contribution in [3.8, 4) is 0 Å². The predicted octanol–water partition coefficient (Wildman–Crippen LogP) is 2.67. The average Bonchev–Trinajstić information content (AvgIpc) is 3.07. The maximum atomic E-state index is 13.1. The van der Waals surface area contributed by atoms with Crippen LogP contribution in [0, 0.1) is 11.7 Å². The highest BCUT2D eigenvalue weighted by Gasteiger charge is 2.20. The minimum Gasteiger partial charge on any atom is -0.346 e. The Morgan fingerprint density at radius 2 is 2.28 bits per heavy atom. The molecule has 1 saturated carbocycles. The number of H-pyrrole nitrogens is 1. The quantitative estimate of drug-likeness (QED) is 0.820. The van der Waals surface area contributed by atoms with E-state index in [1.165, 1.54) is 19.0 Å².